The first kappa shape index (κ1) is 19.0. The van der Waals surface area contributed by atoms with Crippen LogP contribution in [0.25, 0.3) is 0 Å². The predicted octanol–water partition coefficient (Wildman–Crippen LogP) is 0.768. The fourth-order valence-corrected chi connectivity index (χ4v) is 5.22. The van der Waals surface area contributed by atoms with Crippen LogP contribution in [0.1, 0.15) is 25.3 Å². The van der Waals surface area contributed by atoms with Crippen molar-refractivity contribution in [1.82, 2.24) is 10.2 Å². The molecule has 1 fully saturated rings. The van der Waals surface area contributed by atoms with E-state index in [1.165, 1.54) is 10.7 Å². The van der Waals surface area contributed by atoms with Crippen molar-refractivity contribution in [3.63, 3.8) is 0 Å². The fourth-order valence-electron chi connectivity index (χ4n) is 3.79. The number of hydrogen-bond acceptors (Lipinski definition) is 4. The summed E-state index contributed by atoms with van der Waals surface area (Å²) in [6.07, 6.45) is 3.12. The first-order valence-corrected chi connectivity index (χ1v) is 11.0. The van der Waals surface area contributed by atoms with Gasteiger partial charge in [-0.2, -0.15) is 0 Å². The summed E-state index contributed by atoms with van der Waals surface area (Å²) in [5, 5.41) is 2.95. The van der Waals surface area contributed by atoms with Crippen LogP contribution in [0.3, 0.4) is 0 Å². The van der Waals surface area contributed by atoms with Gasteiger partial charge in [-0.15, -0.1) is 0 Å². The number of nitrogens with two attached hydrogens (primary N) is 1. The predicted molar refractivity (Wildman–Crippen MR) is 106 cm³/mol. The molecule has 26 heavy (non-hydrogen) atoms. The van der Waals surface area contributed by atoms with Gasteiger partial charge in [-0.05, 0) is 44.0 Å². The van der Waals surface area contributed by atoms with E-state index in [0.717, 1.165) is 37.2 Å². The van der Waals surface area contributed by atoms with Crippen LogP contribution in [0.15, 0.2) is 29.3 Å². The Morgan fingerprint density at radius 3 is 2.96 bits per heavy atom. The minimum atomic E-state index is -3.36. The molecule has 144 valence electrons. The normalized spacial score (nSPS) is 21.2. The van der Waals surface area contributed by atoms with E-state index in [2.05, 4.69) is 22.1 Å². The zero-order valence-corrected chi connectivity index (χ0v) is 16.2. The van der Waals surface area contributed by atoms with Gasteiger partial charge in [-0.1, -0.05) is 25.1 Å². The molecule has 0 radical (unpaired) electrons. The first-order chi connectivity index (χ1) is 12.5. The maximum atomic E-state index is 12.6. The van der Waals surface area contributed by atoms with Gasteiger partial charge < -0.3 is 11.1 Å². The maximum Gasteiger partial charge on any atom is 0.236 e. The van der Waals surface area contributed by atoms with Gasteiger partial charge in [0.15, 0.2) is 5.96 Å². The van der Waals surface area contributed by atoms with E-state index in [0.29, 0.717) is 25.1 Å². The Morgan fingerprint density at radius 1 is 1.35 bits per heavy atom. The third kappa shape index (κ3) is 4.29. The molecule has 1 atom stereocenters. The Morgan fingerprint density at radius 2 is 2.15 bits per heavy atom. The number of hydrogen-bond donors (Lipinski definition) is 2. The standard InChI is InChI=1S/C18H29N5O2S/c1-2-22-11-5-7-16(22)14-21-18(19)20-10-13-26(24,25)23-12-9-15-6-3-4-8-17(15)23/h3-4,6,8,16H,2,5,7,9-14H2,1H3,(H3,19,20,21). The summed E-state index contributed by atoms with van der Waals surface area (Å²) in [7, 11) is -3.36. The summed E-state index contributed by atoms with van der Waals surface area (Å²) in [6.45, 7) is 5.75. The molecule has 0 bridgehead atoms. The number of aliphatic imine (C=N–C) groups is 1. The molecule has 0 amide bonds. The van der Waals surface area contributed by atoms with E-state index >= 15 is 0 Å². The Hall–Kier alpha value is -1.80. The lowest BCUT2D eigenvalue weighted by atomic mass is 10.2. The topological polar surface area (TPSA) is 91.0 Å². The van der Waals surface area contributed by atoms with Crippen LogP contribution in [-0.4, -0.2) is 63.8 Å². The van der Waals surface area contributed by atoms with Crippen LogP contribution in [0.2, 0.25) is 0 Å². The Balaban J connectivity index is 1.49. The Bertz CT molecular complexity index is 750. The second-order valence-electron chi connectivity index (χ2n) is 6.84. The number of benzene rings is 1. The van der Waals surface area contributed by atoms with Gasteiger partial charge in [0.05, 0.1) is 18.0 Å². The molecular weight excluding hydrogens is 350 g/mol. The zero-order valence-electron chi connectivity index (χ0n) is 15.4. The molecule has 0 saturated carbocycles. The van der Waals surface area contributed by atoms with E-state index in [1.54, 1.807) is 0 Å². The number of nitrogens with zero attached hydrogens (tertiary/aromatic N) is 3. The summed E-state index contributed by atoms with van der Waals surface area (Å²) in [4.78, 5) is 6.80. The Labute approximate surface area is 156 Å². The largest absolute Gasteiger partial charge is 0.370 e. The van der Waals surface area contributed by atoms with E-state index in [9.17, 15) is 8.42 Å². The molecular formula is C18H29N5O2S. The quantitative estimate of drug-likeness (QED) is 0.539. The average Bonchev–Trinajstić information content (AvgIpc) is 3.26. The highest BCUT2D eigenvalue weighted by Gasteiger charge is 2.28. The molecule has 3 N–H and O–H groups in total. The minimum Gasteiger partial charge on any atom is -0.370 e. The van der Waals surface area contributed by atoms with Gasteiger partial charge in [-0.3, -0.25) is 14.2 Å². The fraction of sp³-hybridized carbons (Fsp3) is 0.611. The van der Waals surface area contributed by atoms with Gasteiger partial charge in [-0.25, -0.2) is 8.42 Å². The van der Waals surface area contributed by atoms with Gasteiger partial charge in [0.1, 0.15) is 0 Å². The number of para-hydroxylation sites is 1. The molecule has 3 rings (SSSR count). The molecule has 2 aliphatic heterocycles. The molecule has 2 heterocycles. The van der Waals surface area contributed by atoms with Crippen molar-refractivity contribution in [1.29, 1.82) is 0 Å². The van der Waals surface area contributed by atoms with Gasteiger partial charge >= 0.3 is 0 Å². The Kier molecular flexibility index (Phi) is 6.03. The number of likely N-dealkylation sites (N-methyl/N-ethyl adjacent to an activating group) is 1. The lowest BCUT2D eigenvalue weighted by molar-refractivity contribution is 0.273. The van der Waals surface area contributed by atoms with Gasteiger partial charge in [0, 0.05) is 19.1 Å². The highest BCUT2D eigenvalue weighted by molar-refractivity contribution is 7.92. The number of nitrogens with one attached hydrogen (secondary N) is 1. The second-order valence-corrected chi connectivity index (χ2v) is 8.86. The number of likely N-dealkylation sites (tertiary alicyclic amines) is 1. The van der Waals surface area contributed by atoms with Crippen LogP contribution >= 0.6 is 0 Å². The van der Waals surface area contributed by atoms with Crippen molar-refractivity contribution in [2.24, 2.45) is 10.7 Å². The van der Waals surface area contributed by atoms with Crippen molar-refractivity contribution < 1.29 is 8.42 Å². The number of sulfonamides is 1. The first-order valence-electron chi connectivity index (χ1n) is 9.37. The monoisotopic (exact) mass is 379 g/mol. The molecule has 2 aliphatic rings. The second kappa shape index (κ2) is 8.26. The lowest BCUT2D eigenvalue weighted by Crippen LogP contribution is -2.40. The lowest BCUT2D eigenvalue weighted by Gasteiger charge is -2.21. The van der Waals surface area contributed by atoms with Crippen LogP contribution in [0.4, 0.5) is 5.69 Å². The third-order valence-corrected chi connectivity index (χ3v) is 6.99. The summed E-state index contributed by atoms with van der Waals surface area (Å²) in [5.74, 6) is 0.326. The number of guanidine groups is 1. The van der Waals surface area contributed by atoms with E-state index < -0.39 is 10.0 Å². The molecule has 1 unspecified atom stereocenters. The summed E-state index contributed by atoms with van der Waals surface area (Å²) in [5.41, 5.74) is 7.80. The molecule has 8 heteroatoms. The zero-order chi connectivity index (χ0) is 18.6. The average molecular weight is 380 g/mol. The van der Waals surface area contributed by atoms with E-state index in [-0.39, 0.29) is 12.3 Å². The van der Waals surface area contributed by atoms with Crippen molar-refractivity contribution in [2.75, 3.05) is 42.8 Å². The molecule has 1 aromatic carbocycles. The summed E-state index contributed by atoms with van der Waals surface area (Å²) >= 11 is 0. The minimum absolute atomic E-state index is 0.00205. The van der Waals surface area contributed by atoms with Crippen molar-refractivity contribution in [3.8, 4) is 0 Å². The molecule has 0 spiro atoms. The molecule has 0 aromatic heterocycles. The smallest absolute Gasteiger partial charge is 0.236 e. The van der Waals surface area contributed by atoms with Crippen LogP contribution in [-0.2, 0) is 16.4 Å². The van der Waals surface area contributed by atoms with Gasteiger partial charge in [0.25, 0.3) is 0 Å². The van der Waals surface area contributed by atoms with Crippen molar-refractivity contribution in [3.05, 3.63) is 29.8 Å². The van der Waals surface area contributed by atoms with Crippen molar-refractivity contribution in [2.45, 2.75) is 32.2 Å². The SMILES string of the molecule is CCN1CCCC1CN=C(N)NCCS(=O)(=O)N1CCc2ccccc21. The van der Waals surface area contributed by atoms with E-state index in [1.807, 2.05) is 24.3 Å². The highest BCUT2D eigenvalue weighted by Crippen LogP contribution is 2.29. The molecule has 7 nitrogen and oxygen atoms in total. The number of anilines is 1. The summed E-state index contributed by atoms with van der Waals surface area (Å²) in [6, 6.07) is 8.11. The van der Waals surface area contributed by atoms with Crippen LogP contribution < -0.4 is 15.4 Å². The molecule has 1 aromatic rings. The van der Waals surface area contributed by atoms with Crippen LogP contribution in [0.5, 0.6) is 0 Å². The van der Waals surface area contributed by atoms with Crippen LogP contribution in [0, 0.1) is 0 Å². The highest BCUT2D eigenvalue weighted by atomic mass is 32.2. The van der Waals surface area contributed by atoms with Gasteiger partial charge in [0.2, 0.25) is 10.0 Å². The number of fused-ring (bicyclic) bond motifs is 1. The summed E-state index contributed by atoms with van der Waals surface area (Å²) < 4.78 is 26.8. The molecule has 0 aliphatic carbocycles. The van der Waals surface area contributed by atoms with Crippen molar-refractivity contribution >= 4 is 21.7 Å². The molecule has 1 saturated heterocycles. The third-order valence-electron chi connectivity index (χ3n) is 5.22. The number of rotatable bonds is 7. The maximum absolute atomic E-state index is 12.6. The van der Waals surface area contributed by atoms with E-state index in [4.69, 9.17) is 5.73 Å².